The van der Waals surface area contributed by atoms with Gasteiger partial charge in [-0.2, -0.15) is 0 Å². The minimum atomic E-state index is -0.847. The highest BCUT2D eigenvalue weighted by atomic mass is 16.5. The number of benzene rings is 2. The highest BCUT2D eigenvalue weighted by Crippen LogP contribution is 2.07. The summed E-state index contributed by atoms with van der Waals surface area (Å²) in [4.78, 5) is 36.5. The fourth-order valence-corrected chi connectivity index (χ4v) is 2.17. The maximum absolute atomic E-state index is 12.5. The summed E-state index contributed by atoms with van der Waals surface area (Å²) in [5.74, 6) is -1.59. The van der Waals surface area contributed by atoms with Crippen molar-refractivity contribution in [3.05, 3.63) is 77.5 Å². The standard InChI is InChI=1S/C20H20N2O4/c1-14(20(25)26-2)21-19(24)17(13-15-9-5-3-6-10-15)22-18(23)16-11-7-4-8-12-16/h3-14H,1-2H3,(H,21,24)(H,22,23)/b17-13-/t14-/m0/s1. The van der Waals surface area contributed by atoms with Gasteiger partial charge in [0.25, 0.3) is 11.8 Å². The van der Waals surface area contributed by atoms with Crippen LogP contribution in [0.15, 0.2) is 66.4 Å². The molecule has 0 saturated heterocycles. The monoisotopic (exact) mass is 352 g/mol. The first-order valence-corrected chi connectivity index (χ1v) is 8.03. The lowest BCUT2D eigenvalue weighted by atomic mass is 10.1. The molecule has 6 nitrogen and oxygen atoms in total. The molecule has 134 valence electrons. The van der Waals surface area contributed by atoms with Crippen molar-refractivity contribution in [2.24, 2.45) is 0 Å². The Morgan fingerprint density at radius 2 is 1.54 bits per heavy atom. The first-order chi connectivity index (χ1) is 12.5. The largest absolute Gasteiger partial charge is 0.467 e. The van der Waals surface area contributed by atoms with Crippen molar-refractivity contribution in [3.63, 3.8) is 0 Å². The van der Waals surface area contributed by atoms with Crippen LogP contribution in [-0.2, 0) is 14.3 Å². The lowest BCUT2D eigenvalue weighted by molar-refractivity contribution is -0.144. The van der Waals surface area contributed by atoms with Crippen LogP contribution in [0.5, 0.6) is 0 Å². The molecule has 0 aliphatic carbocycles. The molecular weight excluding hydrogens is 332 g/mol. The van der Waals surface area contributed by atoms with Gasteiger partial charge in [-0.25, -0.2) is 4.79 Å². The van der Waals surface area contributed by atoms with E-state index in [1.54, 1.807) is 48.5 Å². The number of nitrogens with one attached hydrogen (secondary N) is 2. The van der Waals surface area contributed by atoms with Gasteiger partial charge in [-0.3, -0.25) is 9.59 Å². The van der Waals surface area contributed by atoms with E-state index in [-0.39, 0.29) is 5.70 Å². The van der Waals surface area contributed by atoms with Crippen LogP contribution in [-0.4, -0.2) is 30.9 Å². The summed E-state index contributed by atoms with van der Waals surface area (Å²) in [6.45, 7) is 1.50. The Hall–Kier alpha value is -3.41. The Kier molecular flexibility index (Phi) is 6.68. The predicted molar refractivity (Wildman–Crippen MR) is 97.9 cm³/mol. The van der Waals surface area contributed by atoms with E-state index in [9.17, 15) is 14.4 Å². The lowest BCUT2D eigenvalue weighted by Crippen LogP contribution is -2.43. The van der Waals surface area contributed by atoms with Gasteiger partial charge in [-0.05, 0) is 30.7 Å². The smallest absolute Gasteiger partial charge is 0.328 e. The number of hydrogen-bond acceptors (Lipinski definition) is 4. The maximum atomic E-state index is 12.5. The van der Waals surface area contributed by atoms with E-state index in [0.717, 1.165) is 5.56 Å². The number of rotatable bonds is 6. The van der Waals surface area contributed by atoms with Gasteiger partial charge in [0.05, 0.1) is 7.11 Å². The molecule has 0 heterocycles. The first kappa shape index (κ1) is 18.9. The van der Waals surface area contributed by atoms with Crippen LogP contribution in [0.3, 0.4) is 0 Å². The summed E-state index contributed by atoms with van der Waals surface area (Å²) in [6, 6.07) is 16.8. The molecule has 6 heteroatoms. The van der Waals surface area contributed by atoms with E-state index in [4.69, 9.17) is 0 Å². The lowest BCUT2D eigenvalue weighted by Gasteiger charge is -2.14. The van der Waals surface area contributed by atoms with Gasteiger partial charge in [0.1, 0.15) is 11.7 Å². The highest BCUT2D eigenvalue weighted by molar-refractivity contribution is 6.06. The van der Waals surface area contributed by atoms with E-state index in [1.165, 1.54) is 14.0 Å². The van der Waals surface area contributed by atoms with Crippen molar-refractivity contribution in [2.75, 3.05) is 7.11 Å². The number of carbonyl (C=O) groups is 3. The first-order valence-electron chi connectivity index (χ1n) is 8.03. The van der Waals surface area contributed by atoms with Crippen LogP contribution in [0.1, 0.15) is 22.8 Å². The minimum absolute atomic E-state index is 0.0285. The molecule has 0 unspecified atom stereocenters. The average molecular weight is 352 g/mol. The number of ether oxygens (including phenoxy) is 1. The molecule has 0 aromatic heterocycles. The van der Waals surface area contributed by atoms with Crippen LogP contribution in [0.4, 0.5) is 0 Å². The van der Waals surface area contributed by atoms with Crippen molar-refractivity contribution in [1.82, 2.24) is 10.6 Å². The number of carbonyl (C=O) groups excluding carboxylic acids is 3. The minimum Gasteiger partial charge on any atom is -0.467 e. The third kappa shape index (κ3) is 5.31. The summed E-state index contributed by atoms with van der Waals surface area (Å²) in [5, 5.41) is 5.11. The Morgan fingerprint density at radius 3 is 2.12 bits per heavy atom. The zero-order chi connectivity index (χ0) is 18.9. The summed E-state index contributed by atoms with van der Waals surface area (Å²) < 4.78 is 4.60. The molecular formula is C20H20N2O4. The second-order valence-corrected chi connectivity index (χ2v) is 5.51. The van der Waals surface area contributed by atoms with E-state index in [1.807, 2.05) is 18.2 Å². The maximum Gasteiger partial charge on any atom is 0.328 e. The zero-order valence-corrected chi connectivity index (χ0v) is 14.6. The molecule has 2 aromatic rings. The summed E-state index contributed by atoms with van der Waals surface area (Å²) in [7, 11) is 1.24. The van der Waals surface area contributed by atoms with Crippen molar-refractivity contribution < 1.29 is 19.1 Å². The van der Waals surface area contributed by atoms with Crippen molar-refractivity contribution in [3.8, 4) is 0 Å². The number of esters is 1. The van der Waals surface area contributed by atoms with Gasteiger partial charge in [-0.1, -0.05) is 48.5 Å². The fourth-order valence-electron chi connectivity index (χ4n) is 2.17. The summed E-state index contributed by atoms with van der Waals surface area (Å²) in [6.07, 6.45) is 1.54. The van der Waals surface area contributed by atoms with E-state index in [0.29, 0.717) is 5.56 Å². The third-order valence-electron chi connectivity index (χ3n) is 3.54. The molecule has 0 aliphatic rings. The fraction of sp³-hybridized carbons (Fsp3) is 0.150. The predicted octanol–water partition coefficient (Wildman–Crippen LogP) is 2.14. The average Bonchev–Trinajstić information content (AvgIpc) is 2.68. The molecule has 0 saturated carbocycles. The number of amides is 2. The number of methoxy groups -OCH3 is 1. The summed E-state index contributed by atoms with van der Waals surface area (Å²) in [5.41, 5.74) is 1.18. The van der Waals surface area contributed by atoms with Crippen molar-refractivity contribution >= 4 is 23.9 Å². The molecule has 1 atom stereocenters. The highest BCUT2D eigenvalue weighted by Gasteiger charge is 2.20. The molecule has 2 rings (SSSR count). The van der Waals surface area contributed by atoms with Gasteiger partial charge in [0, 0.05) is 5.56 Å². The van der Waals surface area contributed by atoms with Gasteiger partial charge >= 0.3 is 5.97 Å². The van der Waals surface area contributed by atoms with Crippen LogP contribution in [0.25, 0.3) is 6.08 Å². The molecule has 0 aliphatic heterocycles. The van der Waals surface area contributed by atoms with E-state index >= 15 is 0 Å². The topological polar surface area (TPSA) is 84.5 Å². The SMILES string of the molecule is COC(=O)[C@H](C)NC(=O)/C(=C/c1ccccc1)NC(=O)c1ccccc1. The van der Waals surface area contributed by atoms with Crippen LogP contribution in [0, 0.1) is 0 Å². The second kappa shape index (κ2) is 9.17. The van der Waals surface area contributed by atoms with Gasteiger partial charge in [-0.15, -0.1) is 0 Å². The second-order valence-electron chi connectivity index (χ2n) is 5.51. The molecule has 0 fully saturated rings. The van der Waals surface area contributed by atoms with E-state index in [2.05, 4.69) is 15.4 Å². The van der Waals surface area contributed by atoms with Gasteiger partial charge in [0.2, 0.25) is 0 Å². The Morgan fingerprint density at radius 1 is 0.962 bits per heavy atom. The van der Waals surface area contributed by atoms with Crippen molar-refractivity contribution in [1.29, 1.82) is 0 Å². The molecule has 0 spiro atoms. The third-order valence-corrected chi connectivity index (χ3v) is 3.54. The van der Waals surface area contributed by atoms with Crippen LogP contribution < -0.4 is 10.6 Å². The molecule has 26 heavy (non-hydrogen) atoms. The van der Waals surface area contributed by atoms with Gasteiger partial charge in [0.15, 0.2) is 0 Å². The van der Waals surface area contributed by atoms with Crippen LogP contribution >= 0.6 is 0 Å². The summed E-state index contributed by atoms with van der Waals surface area (Å²) >= 11 is 0. The van der Waals surface area contributed by atoms with Gasteiger partial charge < -0.3 is 15.4 Å². The molecule has 2 amide bonds. The Labute approximate surface area is 151 Å². The molecule has 2 N–H and O–H groups in total. The number of hydrogen-bond donors (Lipinski definition) is 2. The molecule has 0 bridgehead atoms. The quantitative estimate of drug-likeness (QED) is 0.616. The van der Waals surface area contributed by atoms with Crippen LogP contribution in [0.2, 0.25) is 0 Å². The molecule has 2 aromatic carbocycles. The Balaban J connectivity index is 2.24. The Bertz CT molecular complexity index is 801. The van der Waals surface area contributed by atoms with E-state index < -0.39 is 23.8 Å². The van der Waals surface area contributed by atoms with Crippen molar-refractivity contribution in [2.45, 2.75) is 13.0 Å². The molecule has 0 radical (unpaired) electrons. The zero-order valence-electron chi connectivity index (χ0n) is 14.6. The normalized spacial score (nSPS) is 12.0.